The first-order chi connectivity index (χ1) is 7.79. The lowest BCUT2D eigenvalue weighted by Gasteiger charge is -2.21. The van der Waals surface area contributed by atoms with Crippen LogP contribution in [0.15, 0.2) is 0 Å². The fourth-order valence-electron chi connectivity index (χ4n) is 1.48. The summed E-state index contributed by atoms with van der Waals surface area (Å²) in [6.07, 6.45) is 1.18. The van der Waals surface area contributed by atoms with E-state index in [0.29, 0.717) is 0 Å². The molecule has 1 aliphatic heterocycles. The van der Waals surface area contributed by atoms with E-state index in [1.807, 2.05) is 0 Å². The molecule has 0 aliphatic carbocycles. The second-order valence-corrected chi connectivity index (χ2v) is 7.12. The van der Waals surface area contributed by atoms with Crippen molar-refractivity contribution in [3.8, 4) is 0 Å². The molecular formula is C12H25NOS2. The second kappa shape index (κ2) is 9.63. The Labute approximate surface area is 109 Å². The maximum absolute atomic E-state index is 5.56. The zero-order valence-electron chi connectivity index (χ0n) is 10.5. The second-order valence-electron chi connectivity index (χ2n) is 4.57. The van der Waals surface area contributed by atoms with Crippen molar-refractivity contribution in [1.29, 1.82) is 0 Å². The highest BCUT2D eigenvalue weighted by Crippen LogP contribution is 2.23. The number of ether oxygens (including phenoxy) is 1. The molecule has 0 bridgehead atoms. The van der Waals surface area contributed by atoms with Crippen molar-refractivity contribution in [2.24, 2.45) is 5.92 Å². The van der Waals surface area contributed by atoms with Gasteiger partial charge in [0.15, 0.2) is 0 Å². The Balaban J connectivity index is 1.80. The van der Waals surface area contributed by atoms with Crippen molar-refractivity contribution in [3.63, 3.8) is 0 Å². The molecule has 1 N–H and O–H groups in total. The lowest BCUT2D eigenvalue weighted by atomic mass is 10.1. The lowest BCUT2D eigenvalue weighted by Crippen LogP contribution is -2.31. The van der Waals surface area contributed by atoms with E-state index in [0.717, 1.165) is 37.5 Å². The van der Waals surface area contributed by atoms with Crippen LogP contribution in [0.25, 0.3) is 0 Å². The number of hydrogen-bond donors (Lipinski definition) is 1. The van der Waals surface area contributed by atoms with Gasteiger partial charge in [-0.05, 0) is 12.3 Å². The maximum atomic E-state index is 5.56. The van der Waals surface area contributed by atoms with Gasteiger partial charge in [-0.1, -0.05) is 13.8 Å². The molecule has 1 saturated heterocycles. The minimum absolute atomic E-state index is 0.753. The predicted molar refractivity (Wildman–Crippen MR) is 76.7 cm³/mol. The van der Waals surface area contributed by atoms with E-state index in [-0.39, 0.29) is 0 Å². The van der Waals surface area contributed by atoms with Gasteiger partial charge in [-0.2, -0.15) is 23.5 Å². The van der Waals surface area contributed by atoms with Gasteiger partial charge in [0.2, 0.25) is 0 Å². The number of hydrogen-bond acceptors (Lipinski definition) is 4. The van der Waals surface area contributed by atoms with Crippen LogP contribution in [0.4, 0.5) is 0 Å². The van der Waals surface area contributed by atoms with E-state index >= 15 is 0 Å². The highest BCUT2D eigenvalue weighted by Gasteiger charge is 2.12. The van der Waals surface area contributed by atoms with Gasteiger partial charge in [-0.3, -0.25) is 0 Å². The van der Waals surface area contributed by atoms with E-state index in [2.05, 4.69) is 42.7 Å². The quantitative estimate of drug-likeness (QED) is 0.679. The summed E-state index contributed by atoms with van der Waals surface area (Å²) in [6.45, 7) is 8.38. The summed E-state index contributed by atoms with van der Waals surface area (Å²) < 4.78 is 5.56. The van der Waals surface area contributed by atoms with Gasteiger partial charge < -0.3 is 10.1 Å². The van der Waals surface area contributed by atoms with Crippen molar-refractivity contribution in [2.75, 3.05) is 43.6 Å². The molecule has 0 saturated carbocycles. The van der Waals surface area contributed by atoms with Crippen LogP contribution in [0.5, 0.6) is 0 Å². The van der Waals surface area contributed by atoms with Crippen molar-refractivity contribution in [2.45, 2.75) is 25.5 Å². The molecule has 0 amide bonds. The third kappa shape index (κ3) is 7.82. The van der Waals surface area contributed by atoms with E-state index in [1.165, 1.54) is 23.7 Å². The van der Waals surface area contributed by atoms with Gasteiger partial charge in [0, 0.05) is 42.2 Å². The fraction of sp³-hybridized carbons (Fsp3) is 1.00. The Hall–Kier alpha value is 0.620. The van der Waals surface area contributed by atoms with E-state index in [4.69, 9.17) is 4.74 Å². The highest BCUT2D eigenvalue weighted by atomic mass is 32.2. The summed E-state index contributed by atoms with van der Waals surface area (Å²) >= 11 is 4.20. The Bertz CT molecular complexity index is 161. The molecule has 4 heteroatoms. The molecule has 16 heavy (non-hydrogen) atoms. The summed E-state index contributed by atoms with van der Waals surface area (Å²) in [5, 5.41) is 4.30. The van der Waals surface area contributed by atoms with E-state index < -0.39 is 0 Å². The van der Waals surface area contributed by atoms with Crippen LogP contribution in [0.2, 0.25) is 0 Å². The van der Waals surface area contributed by atoms with Crippen molar-refractivity contribution in [1.82, 2.24) is 5.32 Å². The largest absolute Gasteiger partial charge is 0.380 e. The third-order valence-corrected chi connectivity index (χ3v) is 5.36. The molecule has 0 spiro atoms. The molecule has 1 aliphatic rings. The average Bonchev–Trinajstić information content (AvgIpc) is 2.29. The molecule has 1 unspecified atom stereocenters. The molecule has 1 atom stereocenters. The van der Waals surface area contributed by atoms with Crippen LogP contribution < -0.4 is 5.32 Å². The number of thioether (sulfide) groups is 2. The normalized spacial score (nSPS) is 21.6. The first-order valence-corrected chi connectivity index (χ1v) is 8.47. The molecule has 0 aromatic carbocycles. The predicted octanol–water partition coefficient (Wildman–Crippen LogP) is 2.49. The van der Waals surface area contributed by atoms with Gasteiger partial charge in [-0.25, -0.2) is 0 Å². The minimum atomic E-state index is 0.753. The van der Waals surface area contributed by atoms with Crippen LogP contribution in [0.1, 0.15) is 20.3 Å². The van der Waals surface area contributed by atoms with Crippen LogP contribution in [0.3, 0.4) is 0 Å². The SMILES string of the molecule is CC(C)CCOCCNCC1CSCCS1. The fourth-order valence-corrected chi connectivity index (χ4v) is 4.13. The van der Waals surface area contributed by atoms with Gasteiger partial charge in [0.05, 0.1) is 6.61 Å². The molecule has 0 aromatic heterocycles. The van der Waals surface area contributed by atoms with Crippen LogP contribution in [-0.2, 0) is 4.74 Å². The zero-order chi connectivity index (χ0) is 11.6. The molecule has 0 radical (unpaired) electrons. The molecule has 1 rings (SSSR count). The molecule has 96 valence electrons. The first kappa shape index (κ1) is 14.7. The summed E-state index contributed by atoms with van der Waals surface area (Å²) in [4.78, 5) is 0. The molecule has 1 fully saturated rings. The first-order valence-electron chi connectivity index (χ1n) is 6.27. The Morgan fingerprint density at radius 1 is 1.31 bits per heavy atom. The third-order valence-electron chi connectivity index (χ3n) is 2.52. The summed E-state index contributed by atoms with van der Waals surface area (Å²) in [6, 6.07) is 0. The Morgan fingerprint density at radius 3 is 2.88 bits per heavy atom. The topological polar surface area (TPSA) is 21.3 Å². The standard InChI is InChI=1S/C12H25NOS2/c1-11(2)3-5-14-6-4-13-9-12-10-15-7-8-16-12/h11-13H,3-10H2,1-2H3. The highest BCUT2D eigenvalue weighted by molar-refractivity contribution is 8.06. The van der Waals surface area contributed by atoms with E-state index in [9.17, 15) is 0 Å². The molecule has 0 aromatic rings. The number of rotatable bonds is 8. The van der Waals surface area contributed by atoms with E-state index in [1.54, 1.807) is 0 Å². The summed E-state index contributed by atoms with van der Waals surface area (Å²) in [5.41, 5.74) is 0. The Morgan fingerprint density at radius 2 is 2.19 bits per heavy atom. The summed E-state index contributed by atoms with van der Waals surface area (Å²) in [7, 11) is 0. The molecule has 1 heterocycles. The summed E-state index contributed by atoms with van der Waals surface area (Å²) in [5.74, 6) is 4.72. The van der Waals surface area contributed by atoms with Crippen LogP contribution in [0, 0.1) is 5.92 Å². The monoisotopic (exact) mass is 263 g/mol. The van der Waals surface area contributed by atoms with Gasteiger partial charge in [0.1, 0.15) is 0 Å². The smallest absolute Gasteiger partial charge is 0.0590 e. The van der Waals surface area contributed by atoms with Gasteiger partial charge in [-0.15, -0.1) is 0 Å². The molecule has 2 nitrogen and oxygen atoms in total. The van der Waals surface area contributed by atoms with Gasteiger partial charge in [0.25, 0.3) is 0 Å². The average molecular weight is 263 g/mol. The van der Waals surface area contributed by atoms with Crippen molar-refractivity contribution < 1.29 is 4.74 Å². The Kier molecular flexibility index (Phi) is 8.84. The molecular weight excluding hydrogens is 238 g/mol. The van der Waals surface area contributed by atoms with Crippen molar-refractivity contribution >= 4 is 23.5 Å². The van der Waals surface area contributed by atoms with Crippen LogP contribution >= 0.6 is 23.5 Å². The van der Waals surface area contributed by atoms with Crippen LogP contribution in [-0.4, -0.2) is 48.8 Å². The number of nitrogens with one attached hydrogen (secondary N) is 1. The lowest BCUT2D eigenvalue weighted by molar-refractivity contribution is 0.125. The zero-order valence-corrected chi connectivity index (χ0v) is 12.2. The minimum Gasteiger partial charge on any atom is -0.380 e. The maximum Gasteiger partial charge on any atom is 0.0590 e. The van der Waals surface area contributed by atoms with Gasteiger partial charge >= 0.3 is 0 Å². The van der Waals surface area contributed by atoms with Crippen molar-refractivity contribution in [3.05, 3.63) is 0 Å².